The lowest BCUT2D eigenvalue weighted by atomic mass is 9.88. The van der Waals surface area contributed by atoms with Crippen LogP contribution in [0.25, 0.3) is 0 Å². The zero-order chi connectivity index (χ0) is 26.2. The van der Waals surface area contributed by atoms with Crippen LogP contribution in [-0.2, 0) is 22.4 Å². The number of halogens is 1. The minimum Gasteiger partial charge on any atom is -0.495 e. The van der Waals surface area contributed by atoms with Gasteiger partial charge < -0.3 is 25.8 Å². The molecule has 5 atom stereocenters. The Morgan fingerprint density at radius 2 is 1.89 bits per heavy atom. The smallest absolute Gasteiger partial charge is 0.229 e. The lowest BCUT2D eigenvalue weighted by Gasteiger charge is -2.33. The number of morpholine rings is 1. The summed E-state index contributed by atoms with van der Waals surface area (Å²) in [5, 5.41) is 7.15. The van der Waals surface area contributed by atoms with Gasteiger partial charge in [-0.25, -0.2) is 4.98 Å². The van der Waals surface area contributed by atoms with Gasteiger partial charge in [-0.3, -0.25) is 9.69 Å². The number of nitrogens with zero attached hydrogens (tertiary/aromatic N) is 3. The molecule has 1 saturated carbocycles. The van der Waals surface area contributed by atoms with Gasteiger partial charge in [-0.2, -0.15) is 4.98 Å². The number of amides is 1. The van der Waals surface area contributed by atoms with E-state index in [-0.39, 0.29) is 29.7 Å². The molecule has 1 aromatic carbocycles. The van der Waals surface area contributed by atoms with Gasteiger partial charge in [-0.15, -0.1) is 0 Å². The summed E-state index contributed by atoms with van der Waals surface area (Å²) in [5.41, 5.74) is 9.22. The maximum atomic E-state index is 12.2. The number of ether oxygens (including phenoxy) is 2. The number of methoxy groups -OCH3 is 1. The van der Waals surface area contributed by atoms with E-state index in [1.165, 1.54) is 11.1 Å². The number of hydrogen-bond acceptors (Lipinski definition) is 8. The fourth-order valence-electron chi connectivity index (χ4n) is 6.71. The van der Waals surface area contributed by atoms with E-state index in [0.29, 0.717) is 22.8 Å². The topological polar surface area (TPSA) is 115 Å². The summed E-state index contributed by atoms with van der Waals surface area (Å²) < 4.78 is 11.3. The number of carbonyl (C=O) groups excluding carboxylic acids is 1. The highest BCUT2D eigenvalue weighted by Crippen LogP contribution is 2.45. The van der Waals surface area contributed by atoms with Crippen LogP contribution < -0.4 is 21.1 Å². The maximum Gasteiger partial charge on any atom is 0.229 e. The summed E-state index contributed by atoms with van der Waals surface area (Å²) in [6.45, 7) is 3.68. The van der Waals surface area contributed by atoms with Crippen molar-refractivity contribution in [3.05, 3.63) is 46.6 Å². The molecular weight excluding hydrogens is 504 g/mol. The van der Waals surface area contributed by atoms with Crippen LogP contribution in [0.15, 0.2) is 30.5 Å². The molecule has 1 aromatic heterocycles. The van der Waals surface area contributed by atoms with Gasteiger partial charge in [0.25, 0.3) is 0 Å². The van der Waals surface area contributed by atoms with Crippen molar-refractivity contribution in [2.45, 2.75) is 44.2 Å². The fraction of sp³-hybridized carbons (Fsp3) is 0.536. The van der Waals surface area contributed by atoms with Crippen molar-refractivity contribution in [3.8, 4) is 5.75 Å². The first-order valence-corrected chi connectivity index (χ1v) is 13.9. The van der Waals surface area contributed by atoms with Crippen molar-refractivity contribution in [1.29, 1.82) is 0 Å². The number of hydrogen-bond donors (Lipinski definition) is 3. The minimum atomic E-state index is -0.298. The number of primary amides is 1. The van der Waals surface area contributed by atoms with Gasteiger partial charge in [0.1, 0.15) is 10.8 Å². The molecule has 4 aliphatic rings. The standard InChI is InChI=1S/C28H35ClN6O3/c1-37-23-14-17-5-7-20(35-8-10-38-11-9-35)6-4-16(17)13-22(23)32-28-31-15-21(29)27(34-28)33-25-19-3-2-18(12-19)24(25)26(30)36/h2-3,13-15,18-20,24-25H,4-12H2,1H3,(H2,30,36)(H2,31,32,33,34)/t18-,19+,20-,24+,25-/m1/s1. The first-order valence-electron chi connectivity index (χ1n) is 13.6. The van der Waals surface area contributed by atoms with Crippen LogP contribution in [0.3, 0.4) is 0 Å². The molecule has 6 rings (SSSR count). The van der Waals surface area contributed by atoms with Gasteiger partial charge in [0.2, 0.25) is 11.9 Å². The predicted molar refractivity (Wildman–Crippen MR) is 147 cm³/mol. The van der Waals surface area contributed by atoms with E-state index in [0.717, 1.165) is 69.8 Å². The number of benzene rings is 1. The quantitative estimate of drug-likeness (QED) is 0.362. The van der Waals surface area contributed by atoms with Crippen molar-refractivity contribution in [2.75, 3.05) is 44.0 Å². The molecule has 2 fully saturated rings. The Labute approximate surface area is 228 Å². The average Bonchev–Trinajstić information content (AvgIpc) is 3.47. The number of aromatic nitrogens is 2. The van der Waals surface area contributed by atoms with Crippen LogP contribution in [0.2, 0.25) is 5.02 Å². The Morgan fingerprint density at radius 1 is 1.16 bits per heavy atom. The number of fused-ring (bicyclic) bond motifs is 3. The number of nitrogens with one attached hydrogen (secondary N) is 2. The van der Waals surface area contributed by atoms with E-state index in [1.807, 2.05) is 0 Å². The van der Waals surface area contributed by atoms with Crippen LogP contribution in [0.5, 0.6) is 5.75 Å². The molecule has 1 aliphatic heterocycles. The fourth-order valence-corrected chi connectivity index (χ4v) is 6.85. The third-order valence-electron chi connectivity index (χ3n) is 8.66. The molecule has 1 saturated heterocycles. The van der Waals surface area contributed by atoms with E-state index in [1.54, 1.807) is 13.3 Å². The molecule has 2 bridgehead atoms. The molecule has 0 unspecified atom stereocenters. The van der Waals surface area contributed by atoms with E-state index < -0.39 is 0 Å². The third kappa shape index (κ3) is 4.95. The van der Waals surface area contributed by atoms with Crippen molar-refractivity contribution in [2.24, 2.45) is 23.5 Å². The number of nitrogens with two attached hydrogens (primary N) is 1. The summed E-state index contributed by atoms with van der Waals surface area (Å²) in [6.07, 6.45) is 11.0. The molecule has 3 aliphatic carbocycles. The summed E-state index contributed by atoms with van der Waals surface area (Å²) in [7, 11) is 1.68. The van der Waals surface area contributed by atoms with E-state index in [4.69, 9.17) is 26.8 Å². The molecule has 4 N–H and O–H groups in total. The summed E-state index contributed by atoms with van der Waals surface area (Å²) >= 11 is 6.47. The molecule has 0 spiro atoms. The molecule has 202 valence electrons. The SMILES string of the molecule is COc1cc2c(cc1Nc1ncc(Cl)c(N[C@H]3[C@@H](C(N)=O)[C@@H]4C=C[C@H]3C4)n1)CC[C@@H](N1CCOCC1)CC2. The normalized spacial score (nSPS) is 28.5. The maximum absolute atomic E-state index is 12.2. The zero-order valence-electron chi connectivity index (χ0n) is 21.7. The summed E-state index contributed by atoms with van der Waals surface area (Å²) in [4.78, 5) is 23.8. The monoisotopic (exact) mass is 538 g/mol. The molecule has 0 radical (unpaired) electrons. The molecule has 1 amide bonds. The van der Waals surface area contributed by atoms with Crippen molar-refractivity contribution in [1.82, 2.24) is 14.9 Å². The van der Waals surface area contributed by atoms with Crippen LogP contribution in [-0.4, -0.2) is 66.3 Å². The average molecular weight is 539 g/mol. The number of anilines is 3. The van der Waals surface area contributed by atoms with E-state index >= 15 is 0 Å². The summed E-state index contributed by atoms with van der Waals surface area (Å²) in [6, 6.07) is 4.76. The minimum absolute atomic E-state index is 0.135. The van der Waals surface area contributed by atoms with Gasteiger partial charge in [0, 0.05) is 25.2 Å². The molecule has 2 aromatic rings. The Bertz CT molecular complexity index is 1230. The van der Waals surface area contributed by atoms with Gasteiger partial charge in [0.05, 0.1) is 38.1 Å². The van der Waals surface area contributed by atoms with Crippen molar-refractivity contribution in [3.63, 3.8) is 0 Å². The van der Waals surface area contributed by atoms with Crippen molar-refractivity contribution < 1.29 is 14.3 Å². The number of aryl methyl sites for hydroxylation is 2. The Kier molecular flexibility index (Phi) is 7.16. The zero-order valence-corrected chi connectivity index (χ0v) is 22.4. The van der Waals surface area contributed by atoms with Gasteiger partial charge in [0.15, 0.2) is 5.82 Å². The van der Waals surface area contributed by atoms with Crippen molar-refractivity contribution >= 4 is 35.0 Å². The first-order chi connectivity index (χ1) is 18.5. The second-order valence-electron chi connectivity index (χ2n) is 10.8. The van der Waals surface area contributed by atoms with Crippen LogP contribution in [0.1, 0.15) is 30.4 Å². The van der Waals surface area contributed by atoms with E-state index in [9.17, 15) is 4.79 Å². The number of rotatable bonds is 7. The van der Waals surface area contributed by atoms with Gasteiger partial charge in [-0.1, -0.05) is 23.8 Å². The van der Waals surface area contributed by atoms with Crippen LogP contribution in [0, 0.1) is 17.8 Å². The first kappa shape index (κ1) is 25.4. The lowest BCUT2D eigenvalue weighted by molar-refractivity contribution is -0.122. The van der Waals surface area contributed by atoms with Gasteiger partial charge in [-0.05, 0) is 67.2 Å². The highest BCUT2D eigenvalue weighted by atomic mass is 35.5. The Hall–Kier alpha value is -2.88. The lowest BCUT2D eigenvalue weighted by Crippen LogP contribution is -2.43. The second-order valence-corrected chi connectivity index (χ2v) is 11.2. The molecular formula is C28H35ClN6O3. The third-order valence-corrected chi connectivity index (χ3v) is 8.94. The molecule has 2 heterocycles. The van der Waals surface area contributed by atoms with Crippen LogP contribution in [0.4, 0.5) is 17.5 Å². The predicted octanol–water partition coefficient (Wildman–Crippen LogP) is 3.55. The summed E-state index contributed by atoms with van der Waals surface area (Å²) in [5.74, 6) is 1.47. The number of allylic oxidation sites excluding steroid dienone is 1. The second kappa shape index (κ2) is 10.7. The van der Waals surface area contributed by atoms with Gasteiger partial charge >= 0.3 is 0 Å². The molecule has 38 heavy (non-hydrogen) atoms. The van der Waals surface area contributed by atoms with E-state index in [2.05, 4.69) is 49.8 Å². The largest absolute Gasteiger partial charge is 0.495 e. The number of carbonyl (C=O) groups is 1. The highest BCUT2D eigenvalue weighted by molar-refractivity contribution is 6.32. The highest BCUT2D eigenvalue weighted by Gasteiger charge is 2.47. The molecule has 10 heteroatoms. The molecule has 9 nitrogen and oxygen atoms in total. The Morgan fingerprint density at radius 3 is 2.63 bits per heavy atom. The van der Waals surface area contributed by atoms with Crippen LogP contribution >= 0.6 is 11.6 Å². The Balaban J connectivity index is 1.20.